The SMILES string of the molecule is CCCCCCCC(=O)OCCOCCOCCOCCOCCOCCOCCOS(=O)(=O)c1ccccc1. The molecule has 0 N–H and O–H groups in total. The van der Waals surface area contributed by atoms with Gasteiger partial charge in [-0.15, -0.1) is 0 Å². The average molecular weight is 593 g/mol. The van der Waals surface area contributed by atoms with Gasteiger partial charge in [0.05, 0.1) is 90.8 Å². The topological polar surface area (TPSA) is 125 Å². The van der Waals surface area contributed by atoms with Crippen molar-refractivity contribution in [2.45, 2.75) is 50.3 Å². The van der Waals surface area contributed by atoms with E-state index in [9.17, 15) is 13.2 Å². The van der Waals surface area contributed by atoms with E-state index < -0.39 is 10.1 Å². The fourth-order valence-electron chi connectivity index (χ4n) is 3.22. The molecule has 1 aromatic rings. The van der Waals surface area contributed by atoms with Crippen LogP contribution in [-0.4, -0.2) is 107 Å². The minimum absolute atomic E-state index is 0.0584. The molecule has 0 aliphatic rings. The smallest absolute Gasteiger partial charge is 0.305 e. The maximum absolute atomic E-state index is 11.9. The molecular weight excluding hydrogens is 544 g/mol. The fourth-order valence-corrected chi connectivity index (χ4v) is 4.13. The zero-order valence-electron chi connectivity index (χ0n) is 23.9. The van der Waals surface area contributed by atoms with E-state index in [2.05, 4.69) is 6.92 Å². The van der Waals surface area contributed by atoms with Crippen LogP contribution in [0.2, 0.25) is 0 Å². The van der Waals surface area contributed by atoms with Gasteiger partial charge in [0, 0.05) is 6.42 Å². The predicted molar refractivity (Wildman–Crippen MR) is 149 cm³/mol. The number of rotatable bonds is 29. The van der Waals surface area contributed by atoms with Gasteiger partial charge >= 0.3 is 5.97 Å². The zero-order chi connectivity index (χ0) is 29.0. The largest absolute Gasteiger partial charge is 0.463 e. The standard InChI is InChI=1S/C28H48O11S/c1-2-3-4-5-9-12-28(29)38-25-23-36-21-19-34-17-15-32-13-14-33-16-18-35-20-22-37-24-26-39-40(30,31)27-10-7-6-8-11-27/h6-8,10-11H,2-5,9,12-26H2,1H3. The third-order valence-electron chi connectivity index (χ3n) is 5.33. The van der Waals surface area contributed by atoms with Crippen LogP contribution in [0.4, 0.5) is 0 Å². The van der Waals surface area contributed by atoms with Crippen molar-refractivity contribution in [3.05, 3.63) is 30.3 Å². The number of hydrogen-bond donors (Lipinski definition) is 0. The second-order valence-electron chi connectivity index (χ2n) is 8.65. The van der Waals surface area contributed by atoms with E-state index in [0.29, 0.717) is 79.1 Å². The lowest BCUT2D eigenvalue weighted by molar-refractivity contribution is -0.145. The Hall–Kier alpha value is -1.64. The molecule has 0 saturated heterocycles. The normalized spacial score (nSPS) is 11.6. The molecule has 0 radical (unpaired) electrons. The molecule has 0 heterocycles. The summed E-state index contributed by atoms with van der Waals surface area (Å²) in [4.78, 5) is 11.7. The van der Waals surface area contributed by atoms with Crippen molar-refractivity contribution in [1.82, 2.24) is 0 Å². The highest BCUT2D eigenvalue weighted by molar-refractivity contribution is 7.86. The summed E-state index contributed by atoms with van der Waals surface area (Å²) >= 11 is 0. The van der Waals surface area contributed by atoms with Crippen LogP contribution in [-0.2, 0) is 52.3 Å². The summed E-state index contributed by atoms with van der Waals surface area (Å²) in [6, 6.07) is 7.97. The molecular formula is C28H48O11S. The van der Waals surface area contributed by atoms with Crippen LogP contribution in [0.5, 0.6) is 0 Å². The molecule has 0 amide bonds. The van der Waals surface area contributed by atoms with Crippen LogP contribution in [0, 0.1) is 0 Å². The van der Waals surface area contributed by atoms with Gasteiger partial charge in [-0.3, -0.25) is 8.98 Å². The van der Waals surface area contributed by atoms with Crippen molar-refractivity contribution in [2.75, 3.05) is 92.5 Å². The minimum atomic E-state index is -3.75. The predicted octanol–water partition coefficient (Wildman–Crippen LogP) is 3.40. The van der Waals surface area contributed by atoms with Gasteiger partial charge in [-0.1, -0.05) is 50.8 Å². The molecule has 0 unspecified atom stereocenters. The highest BCUT2D eigenvalue weighted by atomic mass is 32.2. The third kappa shape index (κ3) is 22.1. The van der Waals surface area contributed by atoms with E-state index in [-0.39, 0.29) is 30.7 Å². The lowest BCUT2D eigenvalue weighted by Gasteiger charge is -2.09. The lowest BCUT2D eigenvalue weighted by atomic mass is 10.1. The number of carbonyl (C=O) groups is 1. The van der Waals surface area contributed by atoms with Crippen molar-refractivity contribution in [3.63, 3.8) is 0 Å². The first-order chi connectivity index (χ1) is 19.6. The molecule has 0 aromatic heterocycles. The maximum atomic E-state index is 11.9. The van der Waals surface area contributed by atoms with Gasteiger partial charge < -0.3 is 33.2 Å². The fraction of sp³-hybridized carbons (Fsp3) is 0.750. The Labute approximate surface area is 239 Å². The van der Waals surface area contributed by atoms with E-state index in [1.165, 1.54) is 31.4 Å². The Morgan fingerprint density at radius 3 is 1.48 bits per heavy atom. The quantitative estimate of drug-likeness (QED) is 0.0772. The monoisotopic (exact) mass is 592 g/mol. The zero-order valence-corrected chi connectivity index (χ0v) is 24.7. The number of esters is 1. The summed E-state index contributed by atoms with van der Waals surface area (Å²) in [5, 5.41) is 0. The highest BCUT2D eigenvalue weighted by Crippen LogP contribution is 2.10. The average Bonchev–Trinajstić information content (AvgIpc) is 2.96. The van der Waals surface area contributed by atoms with Gasteiger partial charge in [0.2, 0.25) is 0 Å². The summed E-state index contributed by atoms with van der Waals surface area (Å²) in [6.45, 7) is 7.17. The third-order valence-corrected chi connectivity index (χ3v) is 6.66. The Morgan fingerprint density at radius 1 is 0.575 bits per heavy atom. The lowest BCUT2D eigenvalue weighted by Crippen LogP contribution is -2.15. The van der Waals surface area contributed by atoms with Gasteiger partial charge in [0.25, 0.3) is 10.1 Å². The van der Waals surface area contributed by atoms with Gasteiger partial charge in [-0.05, 0) is 18.6 Å². The minimum Gasteiger partial charge on any atom is -0.463 e. The number of hydrogen-bond acceptors (Lipinski definition) is 11. The number of ether oxygens (including phenoxy) is 7. The first kappa shape index (κ1) is 36.4. The Kier molecular flexibility index (Phi) is 23.9. The van der Waals surface area contributed by atoms with Gasteiger partial charge in [0.15, 0.2) is 0 Å². The summed E-state index contributed by atoms with van der Waals surface area (Å²) in [5.41, 5.74) is 0. The van der Waals surface area contributed by atoms with Crippen molar-refractivity contribution in [3.8, 4) is 0 Å². The molecule has 0 saturated carbocycles. The van der Waals surface area contributed by atoms with Crippen molar-refractivity contribution in [1.29, 1.82) is 0 Å². The molecule has 0 aliphatic heterocycles. The molecule has 11 nitrogen and oxygen atoms in total. The van der Waals surface area contributed by atoms with Gasteiger partial charge in [-0.2, -0.15) is 8.42 Å². The second kappa shape index (κ2) is 26.3. The molecule has 0 fully saturated rings. The van der Waals surface area contributed by atoms with E-state index in [1.807, 2.05) is 0 Å². The van der Waals surface area contributed by atoms with Crippen molar-refractivity contribution < 1.29 is 50.6 Å². The van der Waals surface area contributed by atoms with E-state index in [0.717, 1.165) is 12.8 Å². The second-order valence-corrected chi connectivity index (χ2v) is 10.3. The van der Waals surface area contributed by atoms with Crippen molar-refractivity contribution in [2.24, 2.45) is 0 Å². The Morgan fingerprint density at radius 2 is 1.00 bits per heavy atom. The van der Waals surface area contributed by atoms with Crippen LogP contribution in [0.3, 0.4) is 0 Å². The van der Waals surface area contributed by atoms with Crippen LogP contribution < -0.4 is 0 Å². The summed E-state index contributed by atoms with van der Waals surface area (Å²) in [7, 11) is -3.75. The van der Waals surface area contributed by atoms with Crippen LogP contribution in [0.15, 0.2) is 35.2 Å². The molecule has 0 aliphatic carbocycles. The summed E-state index contributed by atoms with van der Waals surface area (Å²) in [5.74, 6) is -0.158. The maximum Gasteiger partial charge on any atom is 0.305 e. The summed E-state index contributed by atoms with van der Waals surface area (Å²) in [6.07, 6.45) is 6.03. The molecule has 1 aromatic carbocycles. The number of benzene rings is 1. The van der Waals surface area contributed by atoms with Crippen LogP contribution in [0.1, 0.15) is 45.4 Å². The Bertz CT molecular complexity index is 806. The first-order valence-corrected chi connectivity index (χ1v) is 15.5. The number of carbonyl (C=O) groups excluding carboxylic acids is 1. The Balaban J connectivity index is 1.73. The van der Waals surface area contributed by atoms with Gasteiger partial charge in [-0.25, -0.2) is 0 Å². The van der Waals surface area contributed by atoms with E-state index >= 15 is 0 Å². The molecule has 0 atom stereocenters. The number of unbranched alkanes of at least 4 members (excludes halogenated alkanes) is 4. The van der Waals surface area contributed by atoms with Crippen LogP contribution in [0.25, 0.3) is 0 Å². The molecule has 0 bridgehead atoms. The summed E-state index contributed by atoms with van der Waals surface area (Å²) < 4.78 is 66.3. The van der Waals surface area contributed by atoms with E-state index in [1.54, 1.807) is 18.2 Å². The molecule has 232 valence electrons. The molecule has 1 rings (SSSR count). The molecule has 0 spiro atoms. The van der Waals surface area contributed by atoms with E-state index in [4.69, 9.17) is 37.3 Å². The van der Waals surface area contributed by atoms with Crippen LogP contribution >= 0.6 is 0 Å². The first-order valence-electron chi connectivity index (χ1n) is 14.1. The highest BCUT2D eigenvalue weighted by Gasteiger charge is 2.13. The van der Waals surface area contributed by atoms with Crippen molar-refractivity contribution >= 4 is 16.1 Å². The van der Waals surface area contributed by atoms with Gasteiger partial charge in [0.1, 0.15) is 6.61 Å². The molecule has 40 heavy (non-hydrogen) atoms. The molecule has 12 heteroatoms.